The van der Waals surface area contributed by atoms with Crippen molar-refractivity contribution in [3.8, 4) is 5.75 Å². The van der Waals surface area contributed by atoms with Crippen LogP contribution in [0.25, 0.3) is 0 Å². The van der Waals surface area contributed by atoms with Crippen LogP contribution in [0.1, 0.15) is 46.2 Å². The van der Waals surface area contributed by atoms with E-state index >= 15 is 0 Å². The summed E-state index contributed by atoms with van der Waals surface area (Å²) in [5.74, 6) is 1.63. The molecule has 2 nitrogen and oxygen atoms in total. The van der Waals surface area contributed by atoms with Gasteiger partial charge >= 0.3 is 0 Å². The summed E-state index contributed by atoms with van der Waals surface area (Å²) >= 11 is 0. The van der Waals surface area contributed by atoms with Gasteiger partial charge in [0, 0.05) is 6.04 Å². The molecule has 2 heteroatoms. The minimum absolute atomic E-state index is 0.226. The quantitative estimate of drug-likeness (QED) is 0.810. The van der Waals surface area contributed by atoms with Crippen LogP contribution in [0.3, 0.4) is 0 Å². The molecule has 0 bridgehead atoms. The molecule has 1 aromatic rings. The molecule has 0 radical (unpaired) electrons. The van der Waals surface area contributed by atoms with Crippen LogP contribution in [-0.4, -0.2) is 12.6 Å². The van der Waals surface area contributed by atoms with E-state index in [1.54, 1.807) is 0 Å². The first-order valence-corrected chi connectivity index (χ1v) is 6.49. The van der Waals surface area contributed by atoms with Crippen LogP contribution in [0.5, 0.6) is 5.75 Å². The highest BCUT2D eigenvalue weighted by molar-refractivity contribution is 5.30. The van der Waals surface area contributed by atoms with Crippen molar-refractivity contribution in [1.82, 2.24) is 5.32 Å². The van der Waals surface area contributed by atoms with E-state index in [9.17, 15) is 0 Å². The van der Waals surface area contributed by atoms with Gasteiger partial charge in [-0.05, 0) is 50.9 Å². The third-order valence-corrected chi connectivity index (χ3v) is 2.56. The predicted molar refractivity (Wildman–Crippen MR) is 73.5 cm³/mol. The summed E-state index contributed by atoms with van der Waals surface area (Å²) in [4.78, 5) is 0. The minimum atomic E-state index is 0.226. The van der Waals surface area contributed by atoms with Gasteiger partial charge in [-0.15, -0.1) is 0 Å². The summed E-state index contributed by atoms with van der Waals surface area (Å²) in [5.41, 5.74) is 1.28. The van der Waals surface area contributed by atoms with Crippen LogP contribution in [0, 0.1) is 5.92 Å². The predicted octanol–water partition coefficient (Wildman–Crippen LogP) is 3.78. The fourth-order valence-corrected chi connectivity index (χ4v) is 1.66. The zero-order valence-electron chi connectivity index (χ0n) is 11.7. The molecule has 0 aromatic heterocycles. The van der Waals surface area contributed by atoms with Crippen molar-refractivity contribution >= 4 is 0 Å². The van der Waals surface area contributed by atoms with Gasteiger partial charge in [-0.1, -0.05) is 26.0 Å². The summed E-state index contributed by atoms with van der Waals surface area (Å²) < 4.78 is 5.70. The van der Waals surface area contributed by atoms with E-state index in [0.717, 1.165) is 12.3 Å². The number of rotatable bonds is 6. The van der Waals surface area contributed by atoms with Gasteiger partial charge in [0.1, 0.15) is 5.75 Å². The standard InChI is InChI=1S/C15H25NO/c1-11(2)10-16-13(5)14-7-6-8-15(9-14)17-12(3)4/h6-9,11-13,16H,10H2,1-5H3/t13-/m0/s1. The van der Waals surface area contributed by atoms with Gasteiger partial charge in [0.25, 0.3) is 0 Å². The number of nitrogens with one attached hydrogen (secondary N) is 1. The van der Waals surface area contributed by atoms with Crippen molar-refractivity contribution < 1.29 is 4.74 Å². The lowest BCUT2D eigenvalue weighted by atomic mass is 10.1. The lowest BCUT2D eigenvalue weighted by Gasteiger charge is -2.17. The van der Waals surface area contributed by atoms with E-state index in [1.165, 1.54) is 5.56 Å². The Morgan fingerprint density at radius 3 is 2.41 bits per heavy atom. The van der Waals surface area contributed by atoms with E-state index in [0.29, 0.717) is 12.0 Å². The summed E-state index contributed by atoms with van der Waals surface area (Å²) in [6.07, 6.45) is 0.226. The van der Waals surface area contributed by atoms with Crippen molar-refractivity contribution in [2.45, 2.75) is 46.8 Å². The Labute approximate surface area is 105 Å². The average molecular weight is 235 g/mol. The Bertz CT molecular complexity index is 333. The molecule has 0 spiro atoms. The smallest absolute Gasteiger partial charge is 0.120 e. The zero-order valence-corrected chi connectivity index (χ0v) is 11.7. The average Bonchev–Trinajstić information content (AvgIpc) is 2.25. The van der Waals surface area contributed by atoms with E-state index in [4.69, 9.17) is 4.74 Å². The van der Waals surface area contributed by atoms with Gasteiger partial charge in [-0.25, -0.2) is 0 Å². The maximum Gasteiger partial charge on any atom is 0.120 e. The van der Waals surface area contributed by atoms with Crippen LogP contribution >= 0.6 is 0 Å². The molecule has 0 aliphatic carbocycles. The zero-order chi connectivity index (χ0) is 12.8. The Morgan fingerprint density at radius 1 is 1.12 bits per heavy atom. The molecule has 0 unspecified atom stereocenters. The fraction of sp³-hybridized carbons (Fsp3) is 0.600. The Hall–Kier alpha value is -1.02. The first-order valence-electron chi connectivity index (χ1n) is 6.49. The number of hydrogen-bond donors (Lipinski definition) is 1. The molecule has 1 aromatic carbocycles. The van der Waals surface area contributed by atoms with Gasteiger partial charge in [-0.3, -0.25) is 0 Å². The maximum atomic E-state index is 5.70. The second-order valence-corrected chi connectivity index (χ2v) is 5.26. The third-order valence-electron chi connectivity index (χ3n) is 2.56. The van der Waals surface area contributed by atoms with Crippen LogP contribution in [-0.2, 0) is 0 Å². The number of ether oxygens (including phenoxy) is 1. The molecule has 0 aliphatic heterocycles. The third kappa shape index (κ3) is 5.22. The normalized spacial score (nSPS) is 13.1. The largest absolute Gasteiger partial charge is 0.491 e. The fourth-order valence-electron chi connectivity index (χ4n) is 1.66. The summed E-state index contributed by atoms with van der Waals surface area (Å²) in [6, 6.07) is 8.70. The molecule has 0 saturated heterocycles. The molecule has 0 aliphatic rings. The highest BCUT2D eigenvalue weighted by Gasteiger charge is 2.07. The molecule has 0 saturated carbocycles. The SMILES string of the molecule is CC(C)CN[C@@H](C)c1cccc(OC(C)C)c1. The van der Waals surface area contributed by atoms with Crippen LogP contribution in [0.15, 0.2) is 24.3 Å². The van der Waals surface area contributed by atoms with E-state index < -0.39 is 0 Å². The number of hydrogen-bond acceptors (Lipinski definition) is 2. The maximum absolute atomic E-state index is 5.70. The van der Waals surface area contributed by atoms with Crippen molar-refractivity contribution in [3.05, 3.63) is 29.8 Å². The second-order valence-electron chi connectivity index (χ2n) is 5.26. The topological polar surface area (TPSA) is 21.3 Å². The summed E-state index contributed by atoms with van der Waals surface area (Å²) in [5, 5.41) is 3.52. The highest BCUT2D eigenvalue weighted by Crippen LogP contribution is 2.20. The first kappa shape index (κ1) is 14.0. The van der Waals surface area contributed by atoms with Gasteiger partial charge in [-0.2, -0.15) is 0 Å². The van der Waals surface area contributed by atoms with Gasteiger partial charge in [0.05, 0.1) is 6.10 Å². The van der Waals surface area contributed by atoms with Gasteiger partial charge < -0.3 is 10.1 Å². The lowest BCUT2D eigenvalue weighted by molar-refractivity contribution is 0.242. The highest BCUT2D eigenvalue weighted by atomic mass is 16.5. The van der Waals surface area contributed by atoms with E-state index in [2.05, 4.69) is 44.3 Å². The number of benzene rings is 1. The van der Waals surface area contributed by atoms with E-state index in [1.807, 2.05) is 19.9 Å². The molecule has 96 valence electrons. The minimum Gasteiger partial charge on any atom is -0.491 e. The van der Waals surface area contributed by atoms with Crippen LogP contribution in [0.4, 0.5) is 0 Å². The van der Waals surface area contributed by atoms with Crippen molar-refractivity contribution in [2.24, 2.45) is 5.92 Å². The van der Waals surface area contributed by atoms with Gasteiger partial charge in [0.2, 0.25) is 0 Å². The Balaban J connectivity index is 2.63. The molecular formula is C15H25NO. The molecule has 17 heavy (non-hydrogen) atoms. The molecule has 0 fully saturated rings. The monoisotopic (exact) mass is 235 g/mol. The van der Waals surface area contributed by atoms with Crippen molar-refractivity contribution in [2.75, 3.05) is 6.54 Å². The first-order chi connectivity index (χ1) is 7.99. The summed E-state index contributed by atoms with van der Waals surface area (Å²) in [7, 11) is 0. The molecule has 1 rings (SSSR count). The molecule has 0 heterocycles. The van der Waals surface area contributed by atoms with Gasteiger partial charge in [0.15, 0.2) is 0 Å². The van der Waals surface area contributed by atoms with Crippen LogP contribution in [0.2, 0.25) is 0 Å². The Morgan fingerprint density at radius 2 is 1.82 bits per heavy atom. The van der Waals surface area contributed by atoms with Crippen LogP contribution < -0.4 is 10.1 Å². The van der Waals surface area contributed by atoms with Crippen molar-refractivity contribution in [1.29, 1.82) is 0 Å². The lowest BCUT2D eigenvalue weighted by Crippen LogP contribution is -2.23. The summed E-state index contributed by atoms with van der Waals surface area (Å²) in [6.45, 7) is 11.8. The van der Waals surface area contributed by atoms with E-state index in [-0.39, 0.29) is 6.10 Å². The van der Waals surface area contributed by atoms with Crippen molar-refractivity contribution in [3.63, 3.8) is 0 Å². The Kier molecular flexibility index (Phi) is 5.49. The molecule has 0 amide bonds. The molecular weight excluding hydrogens is 210 g/mol. The molecule has 1 atom stereocenters. The molecule has 1 N–H and O–H groups in total. The second kappa shape index (κ2) is 6.65.